The number of quaternary nitrogens is 1. The zero-order valence-electron chi connectivity index (χ0n) is 34.6. The molecule has 0 aromatic carbocycles. The van der Waals surface area contributed by atoms with E-state index in [-0.39, 0.29) is 64.9 Å². The molecule has 0 aromatic rings. The van der Waals surface area contributed by atoms with E-state index in [1.54, 1.807) is 16.9 Å². The van der Waals surface area contributed by atoms with E-state index in [4.69, 9.17) is 9.47 Å². The van der Waals surface area contributed by atoms with E-state index in [2.05, 4.69) is 10.6 Å². The topological polar surface area (TPSA) is 203 Å². The standard InChI is InChI=1S/C45H68N2O10S2/c48-20-27-6-3-5-26(15-27)16-28-17-31-37(51)30-7-4-8-32-36(30)39(53)44(31,34(50)18-28)24-58-59-25-47-35-19-29(9-14-46-35)43(13-12-42(22-43)10-1-2-11-42)23-45(55)38(52)33(21-49)57-41(56-32)40(45)54/h17-18,26-27,29-33,35-36,38,40-41,46-50,52,54-55H,1-16,19-25H2/p+1. The number of fused-ring (bicyclic) bond motifs is 5. The van der Waals surface area contributed by atoms with Gasteiger partial charge in [-0.25, -0.2) is 0 Å². The number of ether oxygens (including phenoxy) is 2. The van der Waals surface area contributed by atoms with Crippen LogP contribution >= 0.6 is 21.6 Å². The second-order valence-electron chi connectivity index (χ2n) is 20.6. The summed E-state index contributed by atoms with van der Waals surface area (Å²) in [6, 6.07) is 0. The number of Topliss-reactive ketones (excluding diaryl/α,β-unsaturated/α-hetero) is 2. The van der Waals surface area contributed by atoms with Crippen LogP contribution in [0.4, 0.5) is 0 Å². The van der Waals surface area contributed by atoms with Crippen LogP contribution in [-0.2, 0) is 19.1 Å². The van der Waals surface area contributed by atoms with E-state index < -0.39 is 66.1 Å². The minimum absolute atomic E-state index is 0.0767. The number of rotatable bonds is 4. The van der Waals surface area contributed by atoms with Gasteiger partial charge in [-0.2, -0.15) is 0 Å². The normalized spacial score (nSPS) is 47.9. The van der Waals surface area contributed by atoms with E-state index in [0.29, 0.717) is 37.5 Å². The Morgan fingerprint density at radius 1 is 0.864 bits per heavy atom. The highest BCUT2D eigenvalue weighted by molar-refractivity contribution is 8.76. The van der Waals surface area contributed by atoms with E-state index in [1.165, 1.54) is 23.6 Å². The van der Waals surface area contributed by atoms with Gasteiger partial charge in [0.15, 0.2) is 12.1 Å². The van der Waals surface area contributed by atoms with Crippen LogP contribution in [0.1, 0.15) is 116 Å². The average molecular weight is 862 g/mol. The summed E-state index contributed by atoms with van der Waals surface area (Å²) in [7, 11) is 3.12. The first-order chi connectivity index (χ1) is 28.4. The fourth-order valence-corrected chi connectivity index (χ4v) is 16.7. The summed E-state index contributed by atoms with van der Waals surface area (Å²) in [5.74, 6) is -1.15. The lowest BCUT2D eigenvalue weighted by Gasteiger charge is -2.55. The third kappa shape index (κ3) is 7.65. The third-order valence-electron chi connectivity index (χ3n) is 17.4. The van der Waals surface area contributed by atoms with Crippen LogP contribution in [0.5, 0.6) is 0 Å². The first-order valence-corrected chi connectivity index (χ1v) is 25.6. The summed E-state index contributed by atoms with van der Waals surface area (Å²) >= 11 is 0. The van der Waals surface area contributed by atoms with Gasteiger partial charge in [-0.1, -0.05) is 59.8 Å². The second kappa shape index (κ2) is 17.2. The van der Waals surface area contributed by atoms with Crippen LogP contribution in [-0.4, -0.2) is 116 Å². The molecule has 9 N–H and O–H groups in total. The maximum absolute atomic E-state index is 15.4. The first-order valence-electron chi connectivity index (χ1n) is 23.1. The average Bonchev–Trinajstić information content (AvgIpc) is 3.86. The van der Waals surface area contributed by atoms with Crippen molar-refractivity contribution >= 4 is 33.2 Å². The smallest absolute Gasteiger partial charge is 0.187 e. The number of hydrogen-bond donors (Lipinski definition) is 8. The molecule has 5 saturated carbocycles. The van der Waals surface area contributed by atoms with Gasteiger partial charge in [0.1, 0.15) is 47.0 Å². The number of nitrogens with one attached hydrogen (secondary N) is 1. The maximum Gasteiger partial charge on any atom is 0.187 e. The Morgan fingerprint density at radius 3 is 2.46 bits per heavy atom. The van der Waals surface area contributed by atoms with E-state index in [1.807, 2.05) is 6.08 Å². The Bertz CT molecular complexity index is 1640. The number of allylic oxidation sites excluding steroid dienone is 4. The largest absolute Gasteiger partial charge is 0.511 e. The molecule has 3 aliphatic heterocycles. The molecular formula is C45H69N2O10S2+. The Kier molecular flexibility index (Phi) is 12.6. The van der Waals surface area contributed by atoms with Crippen molar-refractivity contribution in [2.45, 2.75) is 158 Å². The first kappa shape index (κ1) is 43.2. The van der Waals surface area contributed by atoms with Crippen LogP contribution in [0.3, 0.4) is 0 Å². The van der Waals surface area contributed by atoms with Gasteiger partial charge < -0.3 is 45.4 Å². The fourth-order valence-electron chi connectivity index (χ4n) is 14.4. The monoisotopic (exact) mass is 861 g/mol. The van der Waals surface area contributed by atoms with Gasteiger partial charge in [0.25, 0.3) is 0 Å². The molecule has 15 unspecified atom stereocenters. The molecule has 6 bridgehead atoms. The van der Waals surface area contributed by atoms with Crippen molar-refractivity contribution in [3.8, 4) is 0 Å². The molecule has 3 saturated heterocycles. The highest BCUT2D eigenvalue weighted by Crippen LogP contribution is 2.64. The molecule has 3 heterocycles. The Morgan fingerprint density at radius 2 is 1.66 bits per heavy atom. The molecule has 6 aliphatic carbocycles. The molecular weight excluding hydrogens is 793 g/mol. The molecule has 0 radical (unpaired) electrons. The molecule has 0 amide bonds. The van der Waals surface area contributed by atoms with Gasteiger partial charge in [0.2, 0.25) is 0 Å². The SMILES string of the molecule is O=C1C2CCCC3OC4OC(CO)C(O)C(O)(CC5(CCC6(CCCC6)C5)C5CC[NH2+]C(C5)NCSSCC5(C(=O)C32)C(O)=CC(CC2CCCC(CO)C2)=CC15)C4O. The Hall–Kier alpha value is -1.04. The van der Waals surface area contributed by atoms with Gasteiger partial charge in [-0.05, 0) is 111 Å². The molecule has 8 fully saturated rings. The van der Waals surface area contributed by atoms with Gasteiger partial charge in [-0.3, -0.25) is 14.9 Å². The summed E-state index contributed by atoms with van der Waals surface area (Å²) in [6.07, 6.45) is 12.8. The van der Waals surface area contributed by atoms with Crippen LogP contribution in [0.2, 0.25) is 0 Å². The molecule has 12 nitrogen and oxygen atoms in total. The number of nitrogens with two attached hydrogens (primary N) is 1. The molecule has 9 rings (SSSR count). The molecule has 3 spiro atoms. The van der Waals surface area contributed by atoms with Gasteiger partial charge in [0, 0.05) is 31.1 Å². The zero-order valence-corrected chi connectivity index (χ0v) is 36.2. The van der Waals surface area contributed by atoms with Crippen LogP contribution < -0.4 is 10.6 Å². The highest BCUT2D eigenvalue weighted by atomic mass is 33.1. The lowest BCUT2D eigenvalue weighted by Crippen LogP contribution is -2.95. The summed E-state index contributed by atoms with van der Waals surface area (Å²) in [5.41, 5.74) is -2.83. The predicted molar refractivity (Wildman–Crippen MR) is 223 cm³/mol. The van der Waals surface area contributed by atoms with Crippen molar-refractivity contribution in [2.75, 3.05) is 31.4 Å². The highest BCUT2D eigenvalue weighted by Gasteiger charge is 2.66. The minimum Gasteiger partial charge on any atom is -0.511 e. The fraction of sp³-hybridized carbons (Fsp3) is 0.867. The summed E-state index contributed by atoms with van der Waals surface area (Å²) in [4.78, 5) is 30.3. The van der Waals surface area contributed by atoms with E-state index >= 15 is 4.79 Å². The number of aliphatic hydroxyl groups is 6. The molecule has 14 heteroatoms. The molecule has 330 valence electrons. The van der Waals surface area contributed by atoms with Crippen LogP contribution in [0.15, 0.2) is 23.5 Å². The number of carbonyl (C=O) groups is 2. The number of piperidine rings is 1. The van der Waals surface area contributed by atoms with Crippen molar-refractivity contribution in [1.82, 2.24) is 5.32 Å². The molecule has 59 heavy (non-hydrogen) atoms. The second-order valence-corrected chi connectivity index (χ2v) is 23.1. The van der Waals surface area contributed by atoms with E-state index in [9.17, 15) is 35.4 Å². The van der Waals surface area contributed by atoms with Crippen molar-refractivity contribution in [3.63, 3.8) is 0 Å². The summed E-state index contributed by atoms with van der Waals surface area (Å²) < 4.78 is 12.8. The van der Waals surface area contributed by atoms with Gasteiger partial charge in [0.05, 0.1) is 37.0 Å². The maximum atomic E-state index is 15.4. The van der Waals surface area contributed by atoms with Crippen molar-refractivity contribution in [3.05, 3.63) is 23.5 Å². The minimum atomic E-state index is -2.06. The molecule has 0 aromatic heterocycles. The summed E-state index contributed by atoms with van der Waals surface area (Å²) in [6.45, 7) is 0.475. The van der Waals surface area contributed by atoms with Crippen LogP contribution in [0.25, 0.3) is 0 Å². The van der Waals surface area contributed by atoms with Crippen LogP contribution in [0, 0.1) is 51.8 Å². The van der Waals surface area contributed by atoms with Crippen molar-refractivity contribution in [1.29, 1.82) is 0 Å². The lowest BCUT2D eigenvalue weighted by molar-refractivity contribution is -0.705. The number of aliphatic hydroxyl groups excluding tert-OH is 5. The lowest BCUT2D eigenvalue weighted by atomic mass is 9.52. The number of hydrogen-bond acceptors (Lipinski definition) is 13. The zero-order chi connectivity index (χ0) is 41.2. The summed E-state index contributed by atoms with van der Waals surface area (Å²) in [5, 5.41) is 75.8. The van der Waals surface area contributed by atoms with Crippen molar-refractivity contribution in [2.24, 2.45) is 51.8 Å². The molecule has 9 aliphatic rings. The third-order valence-corrected chi connectivity index (χ3v) is 19.6. The van der Waals surface area contributed by atoms with E-state index in [0.717, 1.165) is 82.7 Å². The number of carbonyl (C=O) groups excluding carboxylic acids is 2. The quantitative estimate of drug-likeness (QED) is 0.191. The predicted octanol–water partition coefficient (Wildman–Crippen LogP) is 3.65. The molecule has 15 atom stereocenters. The Labute approximate surface area is 356 Å². The van der Waals surface area contributed by atoms with Gasteiger partial charge in [-0.15, -0.1) is 0 Å². The van der Waals surface area contributed by atoms with Crippen molar-refractivity contribution < 1.29 is 55.0 Å². The van der Waals surface area contributed by atoms with Gasteiger partial charge >= 0.3 is 0 Å². The number of ketones is 2. The Balaban J connectivity index is 1.06.